The predicted molar refractivity (Wildman–Crippen MR) is 87.1 cm³/mol. The number of fused-ring (bicyclic) bond motifs is 1. The van der Waals surface area contributed by atoms with Gasteiger partial charge in [0.25, 0.3) is 0 Å². The van der Waals surface area contributed by atoms with Crippen molar-refractivity contribution in [2.45, 2.75) is 19.8 Å². The van der Waals surface area contributed by atoms with Crippen molar-refractivity contribution in [1.29, 1.82) is 0 Å². The molecule has 0 saturated heterocycles. The fraction of sp³-hybridized carbons (Fsp3) is 0.188. The van der Waals surface area contributed by atoms with Crippen molar-refractivity contribution in [2.75, 3.05) is 5.32 Å². The number of anilines is 1. The van der Waals surface area contributed by atoms with Crippen LogP contribution in [0.5, 0.6) is 0 Å². The zero-order valence-electron chi connectivity index (χ0n) is 12.0. The zero-order valence-corrected chi connectivity index (χ0v) is 12.8. The summed E-state index contributed by atoms with van der Waals surface area (Å²) in [4.78, 5) is 28.0. The van der Waals surface area contributed by atoms with Gasteiger partial charge < -0.3 is 9.73 Å². The topological polar surface area (TPSA) is 72.2 Å². The highest BCUT2D eigenvalue weighted by Crippen LogP contribution is 2.25. The number of benzene rings is 1. The van der Waals surface area contributed by atoms with E-state index >= 15 is 0 Å². The third-order valence-corrected chi connectivity index (χ3v) is 3.90. The Morgan fingerprint density at radius 1 is 1.36 bits per heavy atom. The standard InChI is InChI=1S/C16H14N2O3S/c1-2-5-14(19)18-16-17-12(9-22-16)11-8-10-6-3-4-7-13(10)21-15(11)20/h3-4,6-9H,2,5H2,1H3,(H,17,18,19). The van der Waals surface area contributed by atoms with E-state index in [-0.39, 0.29) is 5.91 Å². The SMILES string of the molecule is CCCC(=O)Nc1nc(-c2cc3ccccc3oc2=O)cs1. The minimum Gasteiger partial charge on any atom is -0.422 e. The van der Waals surface area contributed by atoms with Crippen molar-refractivity contribution in [3.05, 3.63) is 46.1 Å². The van der Waals surface area contributed by atoms with Crippen molar-refractivity contribution in [3.8, 4) is 11.3 Å². The second kappa shape index (κ2) is 6.11. The number of thiazole rings is 1. The van der Waals surface area contributed by atoms with Gasteiger partial charge in [-0.25, -0.2) is 9.78 Å². The second-order valence-corrected chi connectivity index (χ2v) is 5.68. The summed E-state index contributed by atoms with van der Waals surface area (Å²) in [6.45, 7) is 1.94. The molecule has 0 aliphatic heterocycles. The van der Waals surface area contributed by atoms with Crippen LogP contribution < -0.4 is 10.9 Å². The van der Waals surface area contributed by atoms with Gasteiger partial charge >= 0.3 is 5.63 Å². The number of aromatic nitrogens is 1. The number of rotatable bonds is 4. The molecule has 0 bridgehead atoms. The van der Waals surface area contributed by atoms with Crippen LogP contribution in [0.15, 0.2) is 44.9 Å². The highest BCUT2D eigenvalue weighted by atomic mass is 32.1. The van der Waals surface area contributed by atoms with Gasteiger partial charge in [0.1, 0.15) is 5.58 Å². The van der Waals surface area contributed by atoms with E-state index in [4.69, 9.17) is 4.42 Å². The number of para-hydroxylation sites is 1. The highest BCUT2D eigenvalue weighted by Gasteiger charge is 2.12. The van der Waals surface area contributed by atoms with Crippen molar-refractivity contribution in [3.63, 3.8) is 0 Å². The first-order valence-corrected chi connectivity index (χ1v) is 7.84. The first-order valence-electron chi connectivity index (χ1n) is 6.96. The van der Waals surface area contributed by atoms with Gasteiger partial charge in [-0.3, -0.25) is 4.79 Å². The molecule has 6 heteroatoms. The van der Waals surface area contributed by atoms with Gasteiger partial charge in [-0.15, -0.1) is 11.3 Å². The maximum absolute atomic E-state index is 12.1. The van der Waals surface area contributed by atoms with Crippen molar-refractivity contribution < 1.29 is 9.21 Å². The van der Waals surface area contributed by atoms with E-state index < -0.39 is 5.63 Å². The van der Waals surface area contributed by atoms with Crippen LogP contribution in [0.4, 0.5) is 5.13 Å². The lowest BCUT2D eigenvalue weighted by atomic mass is 10.1. The number of carbonyl (C=O) groups is 1. The van der Waals surface area contributed by atoms with Crippen molar-refractivity contribution in [1.82, 2.24) is 4.98 Å². The maximum Gasteiger partial charge on any atom is 0.345 e. The molecule has 1 amide bonds. The maximum atomic E-state index is 12.1. The molecule has 0 unspecified atom stereocenters. The lowest BCUT2D eigenvalue weighted by molar-refractivity contribution is -0.116. The Bertz CT molecular complexity index is 882. The van der Waals surface area contributed by atoms with Crippen LogP contribution in [-0.4, -0.2) is 10.9 Å². The average molecular weight is 314 g/mol. The Hall–Kier alpha value is -2.47. The fourth-order valence-corrected chi connectivity index (χ4v) is 2.83. The average Bonchev–Trinajstić information content (AvgIpc) is 2.95. The Kier molecular flexibility index (Phi) is 4.02. The molecule has 2 aromatic heterocycles. The zero-order chi connectivity index (χ0) is 15.5. The minimum atomic E-state index is -0.435. The van der Waals surface area contributed by atoms with Crippen molar-refractivity contribution >= 4 is 33.3 Å². The van der Waals surface area contributed by atoms with E-state index in [1.807, 2.05) is 25.1 Å². The molecule has 3 rings (SSSR count). The third kappa shape index (κ3) is 2.92. The molecule has 112 valence electrons. The molecule has 5 nitrogen and oxygen atoms in total. The molecule has 0 aliphatic carbocycles. The minimum absolute atomic E-state index is 0.0751. The molecule has 0 radical (unpaired) electrons. The third-order valence-electron chi connectivity index (χ3n) is 3.14. The summed E-state index contributed by atoms with van der Waals surface area (Å²) >= 11 is 1.29. The van der Waals surface area contributed by atoms with E-state index in [0.29, 0.717) is 28.4 Å². The number of hydrogen-bond acceptors (Lipinski definition) is 5. The van der Waals surface area contributed by atoms with Crippen LogP contribution in [0, 0.1) is 0 Å². The van der Waals surface area contributed by atoms with Gasteiger partial charge in [0.2, 0.25) is 5.91 Å². The van der Waals surface area contributed by atoms with E-state index in [0.717, 1.165) is 11.8 Å². The molecule has 1 aromatic carbocycles. The quantitative estimate of drug-likeness (QED) is 0.746. The summed E-state index contributed by atoms with van der Waals surface area (Å²) in [7, 11) is 0. The van der Waals surface area contributed by atoms with Crippen LogP contribution in [0.1, 0.15) is 19.8 Å². The number of nitrogens with one attached hydrogen (secondary N) is 1. The van der Waals surface area contributed by atoms with Gasteiger partial charge in [-0.1, -0.05) is 25.1 Å². The summed E-state index contributed by atoms with van der Waals surface area (Å²) < 4.78 is 5.30. The van der Waals surface area contributed by atoms with E-state index in [9.17, 15) is 9.59 Å². The molecule has 1 N–H and O–H groups in total. The summed E-state index contributed by atoms with van der Waals surface area (Å²) in [5.41, 5.74) is 1.01. The van der Waals surface area contributed by atoms with Crippen LogP contribution in [0.2, 0.25) is 0 Å². The largest absolute Gasteiger partial charge is 0.422 e. The molecular formula is C16H14N2O3S. The fourth-order valence-electron chi connectivity index (χ4n) is 2.10. The number of hydrogen-bond donors (Lipinski definition) is 1. The van der Waals surface area contributed by atoms with Gasteiger partial charge in [0.15, 0.2) is 5.13 Å². The van der Waals surface area contributed by atoms with Crippen LogP contribution in [-0.2, 0) is 4.79 Å². The molecule has 0 saturated carbocycles. The molecular weight excluding hydrogens is 300 g/mol. The lowest BCUT2D eigenvalue weighted by Crippen LogP contribution is -2.10. The van der Waals surface area contributed by atoms with Crippen LogP contribution >= 0.6 is 11.3 Å². The Labute approximate surface area is 130 Å². The van der Waals surface area contributed by atoms with E-state index in [1.165, 1.54) is 11.3 Å². The van der Waals surface area contributed by atoms with Gasteiger partial charge in [0.05, 0.1) is 11.3 Å². The van der Waals surface area contributed by atoms with Gasteiger partial charge in [-0.2, -0.15) is 0 Å². The Morgan fingerprint density at radius 2 is 2.18 bits per heavy atom. The monoisotopic (exact) mass is 314 g/mol. The molecule has 3 aromatic rings. The number of carbonyl (C=O) groups excluding carboxylic acids is 1. The normalized spacial score (nSPS) is 10.8. The molecule has 0 fully saturated rings. The summed E-state index contributed by atoms with van der Waals surface area (Å²) in [5.74, 6) is -0.0751. The Balaban J connectivity index is 1.94. The Morgan fingerprint density at radius 3 is 3.00 bits per heavy atom. The van der Waals surface area contributed by atoms with Crippen LogP contribution in [0.25, 0.3) is 22.2 Å². The molecule has 22 heavy (non-hydrogen) atoms. The van der Waals surface area contributed by atoms with Gasteiger partial charge in [-0.05, 0) is 18.6 Å². The predicted octanol–water partition coefficient (Wildman–Crippen LogP) is 3.66. The second-order valence-electron chi connectivity index (χ2n) is 4.82. The lowest BCUT2D eigenvalue weighted by Gasteiger charge is -2.00. The summed E-state index contributed by atoms with van der Waals surface area (Å²) in [6, 6.07) is 9.07. The number of amides is 1. The van der Waals surface area contributed by atoms with Crippen molar-refractivity contribution in [2.24, 2.45) is 0 Å². The van der Waals surface area contributed by atoms with Gasteiger partial charge in [0, 0.05) is 17.2 Å². The highest BCUT2D eigenvalue weighted by molar-refractivity contribution is 7.14. The summed E-state index contributed by atoms with van der Waals surface area (Å²) in [5, 5.41) is 5.79. The molecule has 2 heterocycles. The summed E-state index contributed by atoms with van der Waals surface area (Å²) in [6.07, 6.45) is 1.23. The first kappa shape index (κ1) is 14.5. The molecule has 0 aliphatic rings. The molecule has 0 spiro atoms. The number of nitrogens with zero attached hydrogens (tertiary/aromatic N) is 1. The van der Waals surface area contributed by atoms with E-state index in [2.05, 4.69) is 10.3 Å². The molecule has 0 atom stereocenters. The van der Waals surface area contributed by atoms with E-state index in [1.54, 1.807) is 17.5 Å². The first-order chi connectivity index (χ1) is 10.7. The smallest absolute Gasteiger partial charge is 0.345 e. The van der Waals surface area contributed by atoms with Crippen LogP contribution in [0.3, 0.4) is 0 Å².